The molecule has 0 spiro atoms. The first-order chi connectivity index (χ1) is 8.66. The van der Waals surface area contributed by atoms with E-state index in [0.29, 0.717) is 12.8 Å². The summed E-state index contributed by atoms with van der Waals surface area (Å²) in [4.78, 5) is 36.2. The molecule has 2 aliphatic rings. The Morgan fingerprint density at radius 1 is 1.28 bits per heavy atom. The summed E-state index contributed by atoms with van der Waals surface area (Å²) in [6, 6.07) is -0.420. The molecule has 0 aromatic rings. The lowest BCUT2D eigenvalue weighted by Gasteiger charge is -2.28. The van der Waals surface area contributed by atoms with Crippen molar-refractivity contribution in [3.05, 3.63) is 0 Å². The van der Waals surface area contributed by atoms with Gasteiger partial charge in [-0.15, -0.1) is 0 Å². The second-order valence-corrected chi connectivity index (χ2v) is 4.83. The molecule has 0 bridgehead atoms. The van der Waals surface area contributed by atoms with Gasteiger partial charge < -0.3 is 4.90 Å². The Morgan fingerprint density at radius 3 is 2.67 bits per heavy atom. The van der Waals surface area contributed by atoms with Gasteiger partial charge in [-0.25, -0.2) is 0 Å². The van der Waals surface area contributed by atoms with Crippen LogP contribution in [0, 0.1) is 0 Å². The number of nitrogens with one attached hydrogen (secondary N) is 2. The number of hydrogen-bond acceptors (Lipinski definition) is 4. The van der Waals surface area contributed by atoms with Gasteiger partial charge in [0, 0.05) is 19.5 Å². The molecule has 18 heavy (non-hydrogen) atoms. The third-order valence-corrected chi connectivity index (χ3v) is 3.45. The Kier molecular flexibility index (Phi) is 4.30. The van der Waals surface area contributed by atoms with Gasteiger partial charge in [-0.05, 0) is 25.7 Å². The van der Waals surface area contributed by atoms with Crippen LogP contribution in [0.2, 0.25) is 0 Å². The molecule has 2 aliphatic heterocycles. The lowest BCUT2D eigenvalue weighted by atomic mass is 10.1. The van der Waals surface area contributed by atoms with E-state index in [1.165, 1.54) is 6.42 Å². The van der Waals surface area contributed by atoms with Crippen molar-refractivity contribution in [2.45, 2.75) is 38.1 Å². The fourth-order valence-electron chi connectivity index (χ4n) is 2.35. The Hall–Kier alpha value is -1.43. The first kappa shape index (κ1) is 13.0. The number of likely N-dealkylation sites (tertiary alicyclic amines) is 1. The van der Waals surface area contributed by atoms with Crippen molar-refractivity contribution in [3.63, 3.8) is 0 Å². The third kappa shape index (κ3) is 3.29. The quantitative estimate of drug-likeness (QED) is 0.658. The monoisotopic (exact) mass is 253 g/mol. The number of imide groups is 1. The molecule has 100 valence electrons. The molecule has 6 heteroatoms. The molecule has 0 aromatic heterocycles. The molecule has 3 amide bonds. The fraction of sp³-hybridized carbons (Fsp3) is 0.750. The molecule has 2 heterocycles. The Labute approximate surface area is 106 Å². The molecule has 0 aliphatic carbocycles. The highest BCUT2D eigenvalue weighted by Crippen LogP contribution is 2.09. The molecular weight excluding hydrogens is 234 g/mol. The Morgan fingerprint density at radius 2 is 2.00 bits per heavy atom. The average molecular weight is 253 g/mol. The summed E-state index contributed by atoms with van der Waals surface area (Å²) in [6.45, 7) is 1.80. The predicted molar refractivity (Wildman–Crippen MR) is 64.6 cm³/mol. The number of carbonyl (C=O) groups excluding carboxylic acids is 3. The molecule has 6 nitrogen and oxygen atoms in total. The highest BCUT2D eigenvalue weighted by Gasteiger charge is 2.27. The smallest absolute Gasteiger partial charge is 0.243 e. The van der Waals surface area contributed by atoms with Gasteiger partial charge in [-0.1, -0.05) is 0 Å². The maximum Gasteiger partial charge on any atom is 0.243 e. The summed E-state index contributed by atoms with van der Waals surface area (Å²) in [5.74, 6) is -0.516. The van der Waals surface area contributed by atoms with E-state index in [1.54, 1.807) is 0 Å². The third-order valence-electron chi connectivity index (χ3n) is 3.45. The zero-order valence-electron chi connectivity index (χ0n) is 10.4. The van der Waals surface area contributed by atoms with Crippen LogP contribution in [0.3, 0.4) is 0 Å². The van der Waals surface area contributed by atoms with Gasteiger partial charge in [0.1, 0.15) is 0 Å². The topological polar surface area (TPSA) is 78.5 Å². The highest BCUT2D eigenvalue weighted by molar-refractivity contribution is 6.00. The Balaban J connectivity index is 1.75. The number of rotatable bonds is 3. The van der Waals surface area contributed by atoms with Crippen molar-refractivity contribution in [1.29, 1.82) is 0 Å². The predicted octanol–water partition coefficient (Wildman–Crippen LogP) is -0.606. The largest absolute Gasteiger partial charge is 0.342 e. The lowest BCUT2D eigenvalue weighted by molar-refractivity contribution is -0.135. The van der Waals surface area contributed by atoms with E-state index in [2.05, 4.69) is 10.6 Å². The van der Waals surface area contributed by atoms with Crippen LogP contribution in [0.5, 0.6) is 0 Å². The summed E-state index contributed by atoms with van der Waals surface area (Å²) < 4.78 is 0. The molecule has 2 saturated heterocycles. The molecule has 0 aromatic carbocycles. The van der Waals surface area contributed by atoms with E-state index >= 15 is 0 Å². The summed E-state index contributed by atoms with van der Waals surface area (Å²) >= 11 is 0. The SMILES string of the molecule is O=C1CCC(NCC(=O)N2CCCCC2)C(=O)N1. The maximum atomic E-state index is 11.9. The first-order valence-corrected chi connectivity index (χ1v) is 6.51. The van der Waals surface area contributed by atoms with Gasteiger partial charge in [0.15, 0.2) is 0 Å². The highest BCUT2D eigenvalue weighted by atomic mass is 16.2. The minimum Gasteiger partial charge on any atom is -0.342 e. The summed E-state index contributed by atoms with van der Waals surface area (Å²) in [6.07, 6.45) is 4.11. The summed E-state index contributed by atoms with van der Waals surface area (Å²) in [5, 5.41) is 5.20. The van der Waals surface area contributed by atoms with Crippen LogP contribution < -0.4 is 10.6 Å². The second-order valence-electron chi connectivity index (χ2n) is 4.83. The molecule has 1 atom stereocenters. The van der Waals surface area contributed by atoms with Gasteiger partial charge in [0.25, 0.3) is 0 Å². The van der Waals surface area contributed by atoms with Gasteiger partial charge in [0.05, 0.1) is 12.6 Å². The van der Waals surface area contributed by atoms with Gasteiger partial charge in [0.2, 0.25) is 17.7 Å². The standard InChI is InChI=1S/C12H19N3O3/c16-10-5-4-9(12(18)14-10)13-8-11(17)15-6-2-1-3-7-15/h9,13H,1-8H2,(H,14,16,18). The van der Waals surface area contributed by atoms with E-state index in [9.17, 15) is 14.4 Å². The van der Waals surface area contributed by atoms with Gasteiger partial charge >= 0.3 is 0 Å². The first-order valence-electron chi connectivity index (χ1n) is 6.51. The summed E-state index contributed by atoms with van der Waals surface area (Å²) in [5.41, 5.74) is 0. The molecule has 2 rings (SSSR count). The molecular formula is C12H19N3O3. The van der Waals surface area contributed by atoms with Crippen LogP contribution in [-0.2, 0) is 14.4 Å². The number of hydrogen-bond donors (Lipinski definition) is 2. The van der Waals surface area contributed by atoms with Gasteiger partial charge in [-0.3, -0.25) is 25.0 Å². The molecule has 2 fully saturated rings. The van der Waals surface area contributed by atoms with E-state index in [0.717, 1.165) is 25.9 Å². The zero-order valence-corrected chi connectivity index (χ0v) is 10.4. The van der Waals surface area contributed by atoms with Crippen molar-refractivity contribution < 1.29 is 14.4 Å². The van der Waals surface area contributed by atoms with E-state index in [4.69, 9.17) is 0 Å². The van der Waals surface area contributed by atoms with E-state index in [1.807, 2.05) is 4.90 Å². The number of amides is 3. The van der Waals surface area contributed by atoms with Crippen LogP contribution in [-0.4, -0.2) is 48.3 Å². The second kappa shape index (κ2) is 5.95. The van der Waals surface area contributed by atoms with E-state index < -0.39 is 6.04 Å². The van der Waals surface area contributed by atoms with Crippen LogP contribution in [0.15, 0.2) is 0 Å². The molecule has 2 N–H and O–H groups in total. The molecule has 0 radical (unpaired) electrons. The average Bonchev–Trinajstić information content (AvgIpc) is 2.38. The van der Waals surface area contributed by atoms with Crippen molar-refractivity contribution >= 4 is 17.7 Å². The van der Waals surface area contributed by atoms with Crippen LogP contribution in [0.25, 0.3) is 0 Å². The van der Waals surface area contributed by atoms with Crippen molar-refractivity contribution in [1.82, 2.24) is 15.5 Å². The van der Waals surface area contributed by atoms with Crippen molar-refractivity contribution in [3.8, 4) is 0 Å². The van der Waals surface area contributed by atoms with Crippen LogP contribution >= 0.6 is 0 Å². The fourth-order valence-corrected chi connectivity index (χ4v) is 2.35. The summed E-state index contributed by atoms with van der Waals surface area (Å²) in [7, 11) is 0. The van der Waals surface area contributed by atoms with Crippen molar-refractivity contribution in [2.75, 3.05) is 19.6 Å². The van der Waals surface area contributed by atoms with Crippen LogP contribution in [0.1, 0.15) is 32.1 Å². The van der Waals surface area contributed by atoms with Crippen molar-refractivity contribution in [2.24, 2.45) is 0 Å². The van der Waals surface area contributed by atoms with Crippen LogP contribution in [0.4, 0.5) is 0 Å². The Bertz CT molecular complexity index is 350. The minimum atomic E-state index is -0.420. The minimum absolute atomic E-state index is 0.0411. The van der Waals surface area contributed by atoms with E-state index in [-0.39, 0.29) is 24.3 Å². The lowest BCUT2D eigenvalue weighted by Crippen LogP contribution is -2.53. The normalized spacial score (nSPS) is 24.9. The maximum absolute atomic E-state index is 11.9. The number of piperidine rings is 2. The molecule has 0 saturated carbocycles. The molecule has 1 unspecified atom stereocenters. The zero-order chi connectivity index (χ0) is 13.0. The number of nitrogens with zero attached hydrogens (tertiary/aromatic N) is 1. The van der Waals surface area contributed by atoms with Gasteiger partial charge in [-0.2, -0.15) is 0 Å². The number of carbonyl (C=O) groups is 3.